The maximum atomic E-state index is 11.6. The van der Waals surface area contributed by atoms with Crippen molar-refractivity contribution in [2.24, 2.45) is 0 Å². The molecular formula is C17H16O5. The monoisotopic (exact) mass is 300 g/mol. The van der Waals surface area contributed by atoms with Crippen molar-refractivity contribution in [1.29, 1.82) is 0 Å². The van der Waals surface area contributed by atoms with Gasteiger partial charge in [-0.1, -0.05) is 18.2 Å². The fourth-order valence-corrected chi connectivity index (χ4v) is 1.90. The number of rotatable bonds is 5. The smallest absolute Gasteiger partial charge is 0.336 e. The maximum absolute atomic E-state index is 11.6. The van der Waals surface area contributed by atoms with Crippen LogP contribution in [0.5, 0.6) is 5.75 Å². The van der Waals surface area contributed by atoms with Gasteiger partial charge in [0, 0.05) is 29.2 Å². The number of carbonyl (C=O) groups excluding carboxylic acids is 1. The van der Waals surface area contributed by atoms with E-state index >= 15 is 0 Å². The van der Waals surface area contributed by atoms with Crippen LogP contribution >= 0.6 is 0 Å². The molecule has 1 aromatic heterocycles. The Labute approximate surface area is 127 Å². The quantitative estimate of drug-likeness (QED) is 0.367. The van der Waals surface area contributed by atoms with E-state index in [1.165, 1.54) is 19.3 Å². The van der Waals surface area contributed by atoms with Crippen LogP contribution in [-0.2, 0) is 16.1 Å². The van der Waals surface area contributed by atoms with Crippen LogP contribution < -0.4 is 10.4 Å². The van der Waals surface area contributed by atoms with Crippen LogP contribution in [-0.4, -0.2) is 13.1 Å². The van der Waals surface area contributed by atoms with Crippen molar-refractivity contribution in [1.82, 2.24) is 0 Å². The predicted molar refractivity (Wildman–Crippen MR) is 82.8 cm³/mol. The molecule has 114 valence electrons. The van der Waals surface area contributed by atoms with Crippen LogP contribution in [0, 0.1) is 0 Å². The highest BCUT2D eigenvalue weighted by atomic mass is 16.5. The lowest BCUT2D eigenvalue weighted by Gasteiger charge is -2.07. The molecule has 0 spiro atoms. The Morgan fingerprint density at radius 2 is 2.09 bits per heavy atom. The summed E-state index contributed by atoms with van der Waals surface area (Å²) in [6.07, 6.45) is 6.43. The molecule has 5 nitrogen and oxygen atoms in total. The molecule has 2 rings (SSSR count). The minimum Gasteiger partial charge on any atom is -0.497 e. The van der Waals surface area contributed by atoms with Crippen molar-refractivity contribution < 1.29 is 18.7 Å². The molecule has 0 radical (unpaired) electrons. The zero-order chi connectivity index (χ0) is 15.9. The van der Waals surface area contributed by atoms with Crippen molar-refractivity contribution in [3.05, 3.63) is 64.6 Å². The van der Waals surface area contributed by atoms with Gasteiger partial charge in [0.15, 0.2) is 0 Å². The first-order valence-electron chi connectivity index (χ1n) is 6.71. The molecule has 0 saturated heterocycles. The Hall–Kier alpha value is -2.82. The molecule has 5 heteroatoms. The molecule has 0 fully saturated rings. The highest BCUT2D eigenvalue weighted by molar-refractivity contribution is 5.84. The zero-order valence-electron chi connectivity index (χ0n) is 12.4. The average Bonchev–Trinajstić information content (AvgIpc) is 2.52. The fourth-order valence-electron chi connectivity index (χ4n) is 1.90. The number of esters is 1. The minimum absolute atomic E-state index is 0.00651. The van der Waals surface area contributed by atoms with Crippen LogP contribution in [0.4, 0.5) is 0 Å². The van der Waals surface area contributed by atoms with Gasteiger partial charge < -0.3 is 13.9 Å². The molecular weight excluding hydrogens is 284 g/mol. The summed E-state index contributed by atoms with van der Waals surface area (Å²) in [5.74, 6) is 0.104. The van der Waals surface area contributed by atoms with Crippen molar-refractivity contribution >= 4 is 16.9 Å². The van der Waals surface area contributed by atoms with Crippen molar-refractivity contribution in [3.8, 4) is 5.75 Å². The number of carbonyl (C=O) groups is 1. The van der Waals surface area contributed by atoms with Gasteiger partial charge in [0.1, 0.15) is 17.9 Å². The molecule has 0 aliphatic carbocycles. The third-order valence-corrected chi connectivity index (χ3v) is 2.94. The summed E-state index contributed by atoms with van der Waals surface area (Å²) in [4.78, 5) is 23.1. The number of allylic oxidation sites excluding steroid dienone is 3. The normalized spacial score (nSPS) is 11.4. The maximum Gasteiger partial charge on any atom is 0.336 e. The minimum atomic E-state index is -0.503. The van der Waals surface area contributed by atoms with Crippen LogP contribution in [0.2, 0.25) is 0 Å². The van der Waals surface area contributed by atoms with E-state index in [0.29, 0.717) is 22.3 Å². The molecule has 1 heterocycles. The molecule has 0 aliphatic heterocycles. The first-order valence-corrected chi connectivity index (χ1v) is 6.71. The van der Waals surface area contributed by atoms with Crippen molar-refractivity contribution in [3.63, 3.8) is 0 Å². The molecule has 0 aliphatic rings. The molecule has 22 heavy (non-hydrogen) atoms. The zero-order valence-corrected chi connectivity index (χ0v) is 12.4. The largest absolute Gasteiger partial charge is 0.497 e. The topological polar surface area (TPSA) is 65.7 Å². The van der Waals surface area contributed by atoms with E-state index in [2.05, 4.69) is 0 Å². The van der Waals surface area contributed by atoms with E-state index in [0.717, 1.165) is 0 Å². The van der Waals surface area contributed by atoms with Crippen LogP contribution in [0.3, 0.4) is 0 Å². The average molecular weight is 300 g/mol. The lowest BCUT2D eigenvalue weighted by molar-refractivity contribution is -0.138. The van der Waals surface area contributed by atoms with Crippen LogP contribution in [0.1, 0.15) is 12.5 Å². The summed E-state index contributed by atoms with van der Waals surface area (Å²) in [6.45, 7) is 1.84. The van der Waals surface area contributed by atoms with Gasteiger partial charge in [-0.2, -0.15) is 0 Å². The molecule has 0 unspecified atom stereocenters. The highest BCUT2D eigenvalue weighted by Gasteiger charge is 2.08. The van der Waals surface area contributed by atoms with Crippen molar-refractivity contribution in [2.75, 3.05) is 7.11 Å². The molecule has 1 aromatic carbocycles. The number of hydrogen-bond donors (Lipinski definition) is 0. The molecule has 0 saturated carbocycles. The van der Waals surface area contributed by atoms with Gasteiger partial charge in [0.05, 0.1) is 7.11 Å². The fraction of sp³-hybridized carbons (Fsp3) is 0.176. The Bertz CT molecular complexity index is 783. The number of ether oxygens (including phenoxy) is 2. The first-order chi connectivity index (χ1) is 10.6. The van der Waals surface area contributed by atoms with E-state index in [1.54, 1.807) is 36.4 Å². The highest BCUT2D eigenvalue weighted by Crippen LogP contribution is 2.22. The Kier molecular flexibility index (Phi) is 5.14. The third kappa shape index (κ3) is 3.85. The molecule has 2 aromatic rings. The molecule has 0 atom stereocenters. The standard InChI is InChI=1S/C17H16O5/c1-3-4-5-6-16(18)21-11-12-9-17(19)22-15-10-13(20-2)7-8-14(12)15/h3-10H,11H2,1-2H3. The summed E-state index contributed by atoms with van der Waals surface area (Å²) in [5.41, 5.74) is 0.473. The van der Waals surface area contributed by atoms with E-state index < -0.39 is 11.6 Å². The molecule has 0 N–H and O–H groups in total. The van der Waals surface area contributed by atoms with Gasteiger partial charge in [-0.15, -0.1) is 0 Å². The van der Waals surface area contributed by atoms with Gasteiger partial charge in [0.25, 0.3) is 0 Å². The van der Waals surface area contributed by atoms with Gasteiger partial charge in [-0.05, 0) is 19.1 Å². The summed E-state index contributed by atoms with van der Waals surface area (Å²) in [5, 5.41) is 0.700. The van der Waals surface area contributed by atoms with Crippen LogP contribution in [0.15, 0.2) is 57.8 Å². The lowest BCUT2D eigenvalue weighted by atomic mass is 10.1. The van der Waals surface area contributed by atoms with E-state index in [9.17, 15) is 9.59 Å². The second-order valence-electron chi connectivity index (χ2n) is 4.45. The Morgan fingerprint density at radius 1 is 1.27 bits per heavy atom. The van der Waals surface area contributed by atoms with Gasteiger partial charge >= 0.3 is 11.6 Å². The van der Waals surface area contributed by atoms with E-state index in [4.69, 9.17) is 13.9 Å². The van der Waals surface area contributed by atoms with Gasteiger partial charge in [-0.25, -0.2) is 9.59 Å². The molecule has 0 amide bonds. The summed E-state index contributed by atoms with van der Waals surface area (Å²) >= 11 is 0. The predicted octanol–water partition coefficient (Wildman–Crippen LogP) is 2.98. The van der Waals surface area contributed by atoms with E-state index in [-0.39, 0.29) is 6.61 Å². The van der Waals surface area contributed by atoms with Crippen LogP contribution in [0.25, 0.3) is 11.0 Å². The molecule has 0 bridgehead atoms. The first kappa shape index (κ1) is 15.6. The van der Waals surface area contributed by atoms with Crippen molar-refractivity contribution in [2.45, 2.75) is 13.5 Å². The summed E-state index contributed by atoms with van der Waals surface area (Å²) in [6, 6.07) is 6.45. The van der Waals surface area contributed by atoms with Gasteiger partial charge in [-0.3, -0.25) is 0 Å². The Balaban J connectivity index is 2.24. The number of hydrogen-bond acceptors (Lipinski definition) is 5. The Morgan fingerprint density at radius 3 is 2.82 bits per heavy atom. The van der Waals surface area contributed by atoms with E-state index in [1.807, 2.05) is 6.92 Å². The van der Waals surface area contributed by atoms with Gasteiger partial charge in [0.2, 0.25) is 0 Å². The third-order valence-electron chi connectivity index (χ3n) is 2.94. The number of benzene rings is 1. The number of fused-ring (bicyclic) bond motifs is 1. The second kappa shape index (κ2) is 7.26. The summed E-state index contributed by atoms with van der Waals surface area (Å²) < 4.78 is 15.3. The number of methoxy groups -OCH3 is 1. The SMILES string of the molecule is CC=CC=CC(=O)OCc1cc(=O)oc2cc(OC)ccc12. The summed E-state index contributed by atoms with van der Waals surface area (Å²) in [7, 11) is 1.53. The second-order valence-corrected chi connectivity index (χ2v) is 4.45. The lowest BCUT2D eigenvalue weighted by Crippen LogP contribution is -2.05.